The quantitative estimate of drug-likeness (QED) is 0.744. The lowest BCUT2D eigenvalue weighted by Gasteiger charge is -2.17. The number of rotatable bonds is 5. The van der Waals surface area contributed by atoms with Crippen molar-refractivity contribution in [3.8, 4) is 5.75 Å². The van der Waals surface area contributed by atoms with Crippen LogP contribution < -0.4 is 15.4 Å². The highest BCUT2D eigenvalue weighted by atomic mass is 19.1. The Morgan fingerprint density at radius 3 is 2.92 bits per heavy atom. The minimum Gasteiger partial charge on any atom is -0.484 e. The summed E-state index contributed by atoms with van der Waals surface area (Å²) in [7, 11) is 0. The van der Waals surface area contributed by atoms with Gasteiger partial charge in [0.25, 0.3) is 0 Å². The molecule has 1 saturated heterocycles. The summed E-state index contributed by atoms with van der Waals surface area (Å²) in [4.78, 5) is 12.5. The summed E-state index contributed by atoms with van der Waals surface area (Å²) in [5, 5.41) is 6.42. The summed E-state index contributed by atoms with van der Waals surface area (Å²) < 4.78 is 20.0. The van der Waals surface area contributed by atoms with Crippen molar-refractivity contribution in [2.24, 2.45) is 0 Å². The first kappa shape index (κ1) is 15.7. The molecule has 0 aliphatic carbocycles. The Morgan fingerprint density at radius 1 is 1.20 bits per heavy atom. The van der Waals surface area contributed by atoms with Crippen LogP contribution in [0.5, 0.6) is 5.75 Å². The van der Waals surface area contributed by atoms with Crippen molar-refractivity contribution in [2.45, 2.75) is 19.1 Å². The molecule has 3 heterocycles. The second-order valence-corrected chi connectivity index (χ2v) is 5.96. The lowest BCUT2D eigenvalue weighted by atomic mass is 10.2. The highest BCUT2D eigenvalue weighted by molar-refractivity contribution is 5.74. The van der Waals surface area contributed by atoms with E-state index in [1.54, 1.807) is 18.6 Å². The van der Waals surface area contributed by atoms with Crippen molar-refractivity contribution in [3.63, 3.8) is 0 Å². The first-order chi connectivity index (χ1) is 12.3. The van der Waals surface area contributed by atoms with Gasteiger partial charge < -0.3 is 15.4 Å². The molecule has 128 valence electrons. The van der Waals surface area contributed by atoms with Crippen LogP contribution in [-0.2, 0) is 6.54 Å². The summed E-state index contributed by atoms with van der Waals surface area (Å²) in [6.07, 6.45) is 6.94. The SMILES string of the molecule is Fc1cncc(NCc2ccc3nccnc3c2)c1O[C@@H]1CCNC1. The van der Waals surface area contributed by atoms with E-state index < -0.39 is 5.82 Å². The average molecular weight is 339 g/mol. The maximum atomic E-state index is 14.2. The molecule has 1 fully saturated rings. The van der Waals surface area contributed by atoms with Gasteiger partial charge in [-0.15, -0.1) is 0 Å². The third-order valence-corrected chi connectivity index (χ3v) is 4.17. The number of aromatic nitrogens is 3. The van der Waals surface area contributed by atoms with Crippen molar-refractivity contribution in [3.05, 3.63) is 54.4 Å². The van der Waals surface area contributed by atoms with Crippen LogP contribution in [0.25, 0.3) is 11.0 Å². The first-order valence-corrected chi connectivity index (χ1v) is 8.24. The molecule has 6 nitrogen and oxygen atoms in total. The second-order valence-electron chi connectivity index (χ2n) is 5.96. The Labute approximate surface area is 144 Å². The Bertz CT molecular complexity index is 882. The molecule has 1 aliphatic rings. The minimum absolute atomic E-state index is 0.0200. The summed E-state index contributed by atoms with van der Waals surface area (Å²) in [5.41, 5.74) is 3.24. The van der Waals surface area contributed by atoms with Gasteiger partial charge in [0.15, 0.2) is 11.6 Å². The smallest absolute Gasteiger partial charge is 0.185 e. The van der Waals surface area contributed by atoms with Crippen molar-refractivity contribution in [2.75, 3.05) is 18.4 Å². The van der Waals surface area contributed by atoms with Gasteiger partial charge in [0.1, 0.15) is 6.10 Å². The Kier molecular flexibility index (Phi) is 4.39. The molecule has 1 aliphatic heterocycles. The maximum Gasteiger partial charge on any atom is 0.185 e. The van der Waals surface area contributed by atoms with E-state index in [9.17, 15) is 4.39 Å². The van der Waals surface area contributed by atoms with Gasteiger partial charge in [0.2, 0.25) is 0 Å². The predicted molar refractivity (Wildman–Crippen MR) is 93.0 cm³/mol. The molecule has 3 aromatic rings. The number of hydrogen-bond donors (Lipinski definition) is 2. The highest BCUT2D eigenvalue weighted by Crippen LogP contribution is 2.29. The number of hydrogen-bond acceptors (Lipinski definition) is 6. The van der Waals surface area contributed by atoms with Gasteiger partial charge in [0.05, 0.1) is 29.1 Å². The fraction of sp³-hybridized carbons (Fsp3) is 0.278. The second kappa shape index (κ2) is 6.98. The Morgan fingerprint density at radius 2 is 2.08 bits per heavy atom. The Hall–Kier alpha value is -2.80. The standard InChI is InChI=1S/C18H18FN5O/c19-14-10-21-11-17(18(14)25-13-3-4-20-9-13)24-8-12-1-2-15-16(7-12)23-6-5-22-15/h1-2,5-7,10-11,13,20,24H,3-4,8-9H2/t13-/m1/s1. The fourth-order valence-electron chi connectivity index (χ4n) is 2.88. The molecular weight excluding hydrogens is 321 g/mol. The topological polar surface area (TPSA) is 72.0 Å². The minimum atomic E-state index is -0.457. The third kappa shape index (κ3) is 3.51. The zero-order chi connectivity index (χ0) is 17.1. The molecule has 2 N–H and O–H groups in total. The van der Waals surface area contributed by atoms with E-state index >= 15 is 0 Å². The molecule has 0 unspecified atom stereocenters. The maximum absolute atomic E-state index is 14.2. The predicted octanol–water partition coefficient (Wildman–Crippen LogP) is 2.52. The number of pyridine rings is 1. The number of halogens is 1. The normalized spacial score (nSPS) is 16.9. The van der Waals surface area contributed by atoms with Gasteiger partial charge in [-0.25, -0.2) is 4.39 Å². The molecule has 0 bridgehead atoms. The van der Waals surface area contributed by atoms with E-state index in [-0.39, 0.29) is 11.9 Å². The number of anilines is 1. The lowest BCUT2D eigenvalue weighted by Crippen LogP contribution is -2.21. The van der Waals surface area contributed by atoms with E-state index in [1.807, 2.05) is 18.2 Å². The first-order valence-electron chi connectivity index (χ1n) is 8.24. The van der Waals surface area contributed by atoms with E-state index in [0.29, 0.717) is 12.2 Å². The van der Waals surface area contributed by atoms with E-state index in [4.69, 9.17) is 4.74 Å². The van der Waals surface area contributed by atoms with E-state index in [2.05, 4.69) is 25.6 Å². The molecule has 0 spiro atoms. The average Bonchev–Trinajstić information content (AvgIpc) is 3.15. The van der Waals surface area contributed by atoms with Gasteiger partial charge in [-0.1, -0.05) is 6.07 Å². The largest absolute Gasteiger partial charge is 0.484 e. The summed E-state index contributed by atoms with van der Waals surface area (Å²) in [5.74, 6) is -0.231. The monoisotopic (exact) mass is 339 g/mol. The fourth-order valence-corrected chi connectivity index (χ4v) is 2.88. The molecule has 0 saturated carbocycles. The number of fused-ring (bicyclic) bond motifs is 1. The summed E-state index contributed by atoms with van der Waals surface area (Å²) in [6, 6.07) is 5.85. The van der Waals surface area contributed by atoms with Crippen LogP contribution in [0.15, 0.2) is 43.0 Å². The van der Waals surface area contributed by atoms with Crippen LogP contribution >= 0.6 is 0 Å². The number of benzene rings is 1. The van der Waals surface area contributed by atoms with Crippen LogP contribution in [0.3, 0.4) is 0 Å². The summed E-state index contributed by atoms with van der Waals surface area (Å²) >= 11 is 0. The number of ether oxygens (including phenoxy) is 1. The van der Waals surface area contributed by atoms with Crippen molar-refractivity contribution >= 4 is 16.7 Å². The van der Waals surface area contributed by atoms with Gasteiger partial charge in [-0.05, 0) is 30.7 Å². The van der Waals surface area contributed by atoms with Crippen molar-refractivity contribution < 1.29 is 9.13 Å². The van der Waals surface area contributed by atoms with Crippen LogP contribution in [0.2, 0.25) is 0 Å². The van der Waals surface area contributed by atoms with Crippen molar-refractivity contribution in [1.29, 1.82) is 0 Å². The van der Waals surface area contributed by atoms with E-state index in [0.717, 1.165) is 36.1 Å². The molecule has 7 heteroatoms. The van der Waals surface area contributed by atoms with Crippen LogP contribution in [0.4, 0.5) is 10.1 Å². The van der Waals surface area contributed by atoms with Crippen LogP contribution in [0, 0.1) is 5.82 Å². The number of nitrogens with one attached hydrogen (secondary N) is 2. The number of nitrogens with zero attached hydrogens (tertiary/aromatic N) is 3. The molecule has 0 amide bonds. The van der Waals surface area contributed by atoms with Crippen LogP contribution in [0.1, 0.15) is 12.0 Å². The van der Waals surface area contributed by atoms with E-state index in [1.165, 1.54) is 6.20 Å². The Balaban J connectivity index is 1.52. The highest BCUT2D eigenvalue weighted by Gasteiger charge is 2.20. The molecule has 1 atom stereocenters. The molecule has 25 heavy (non-hydrogen) atoms. The third-order valence-electron chi connectivity index (χ3n) is 4.17. The van der Waals surface area contributed by atoms with Gasteiger partial charge in [-0.2, -0.15) is 0 Å². The molecule has 1 aromatic carbocycles. The van der Waals surface area contributed by atoms with Gasteiger partial charge in [0, 0.05) is 25.5 Å². The van der Waals surface area contributed by atoms with Crippen LogP contribution in [-0.4, -0.2) is 34.1 Å². The molecule has 4 rings (SSSR count). The van der Waals surface area contributed by atoms with Gasteiger partial charge in [-0.3, -0.25) is 15.0 Å². The molecule has 2 aromatic heterocycles. The van der Waals surface area contributed by atoms with Gasteiger partial charge >= 0.3 is 0 Å². The summed E-state index contributed by atoms with van der Waals surface area (Å²) in [6.45, 7) is 2.12. The lowest BCUT2D eigenvalue weighted by molar-refractivity contribution is 0.214. The molecular formula is C18H18FN5O. The van der Waals surface area contributed by atoms with Crippen molar-refractivity contribution in [1.82, 2.24) is 20.3 Å². The zero-order valence-electron chi connectivity index (χ0n) is 13.6. The zero-order valence-corrected chi connectivity index (χ0v) is 13.6. The molecule has 0 radical (unpaired) electrons.